The molecule has 5 heteroatoms. The molecule has 2 heterocycles. The van der Waals surface area contributed by atoms with Gasteiger partial charge in [0.25, 0.3) is 5.91 Å². The molecule has 0 saturated carbocycles. The summed E-state index contributed by atoms with van der Waals surface area (Å²) in [4.78, 5) is 15.6. The van der Waals surface area contributed by atoms with Crippen molar-refractivity contribution >= 4 is 5.91 Å². The molecule has 0 spiro atoms. The Bertz CT molecular complexity index is 363. The third-order valence-electron chi connectivity index (χ3n) is 2.22. The Morgan fingerprint density at radius 1 is 1.67 bits per heavy atom. The van der Waals surface area contributed by atoms with E-state index in [1.54, 1.807) is 12.3 Å². The predicted octanol–water partition coefficient (Wildman–Crippen LogP) is 0.219. The first-order valence-electron chi connectivity index (χ1n) is 4.68. The van der Waals surface area contributed by atoms with Crippen LogP contribution in [0.25, 0.3) is 0 Å². The first-order chi connectivity index (χ1) is 7.31. The summed E-state index contributed by atoms with van der Waals surface area (Å²) >= 11 is 0. The van der Waals surface area contributed by atoms with Crippen LogP contribution in [-0.4, -0.2) is 37.3 Å². The SMILES string of the molecule is COc1cnccc1C(=O)NC1COC1. The Hall–Kier alpha value is -1.62. The predicted molar refractivity (Wildman–Crippen MR) is 52.9 cm³/mol. The summed E-state index contributed by atoms with van der Waals surface area (Å²) in [6.07, 6.45) is 3.08. The van der Waals surface area contributed by atoms with Gasteiger partial charge >= 0.3 is 0 Å². The summed E-state index contributed by atoms with van der Waals surface area (Å²) in [5.41, 5.74) is 0.499. The zero-order valence-corrected chi connectivity index (χ0v) is 8.40. The molecule has 15 heavy (non-hydrogen) atoms. The second-order valence-corrected chi connectivity index (χ2v) is 3.28. The Balaban J connectivity index is 2.09. The number of methoxy groups -OCH3 is 1. The Morgan fingerprint density at radius 2 is 2.47 bits per heavy atom. The fraction of sp³-hybridized carbons (Fsp3) is 0.400. The van der Waals surface area contributed by atoms with Gasteiger partial charge in [-0.2, -0.15) is 0 Å². The smallest absolute Gasteiger partial charge is 0.255 e. The van der Waals surface area contributed by atoms with Crippen molar-refractivity contribution in [3.05, 3.63) is 24.0 Å². The summed E-state index contributed by atoms with van der Waals surface area (Å²) in [6, 6.07) is 1.75. The number of carbonyl (C=O) groups excluding carboxylic acids is 1. The van der Waals surface area contributed by atoms with E-state index < -0.39 is 0 Å². The third kappa shape index (κ3) is 2.07. The lowest BCUT2D eigenvalue weighted by atomic mass is 10.2. The summed E-state index contributed by atoms with van der Waals surface area (Å²) in [6.45, 7) is 1.16. The summed E-state index contributed by atoms with van der Waals surface area (Å²) < 4.78 is 10.0. The van der Waals surface area contributed by atoms with Crippen LogP contribution in [0.2, 0.25) is 0 Å². The number of pyridine rings is 1. The lowest BCUT2D eigenvalue weighted by Gasteiger charge is -2.26. The van der Waals surface area contributed by atoms with Gasteiger partial charge in [0, 0.05) is 6.20 Å². The van der Waals surface area contributed by atoms with E-state index in [9.17, 15) is 4.79 Å². The zero-order chi connectivity index (χ0) is 10.7. The Morgan fingerprint density at radius 3 is 3.07 bits per heavy atom. The number of hydrogen-bond acceptors (Lipinski definition) is 4. The van der Waals surface area contributed by atoms with Gasteiger partial charge in [-0.05, 0) is 6.07 Å². The summed E-state index contributed by atoms with van der Waals surface area (Å²) in [7, 11) is 1.51. The fourth-order valence-electron chi connectivity index (χ4n) is 1.31. The molecule has 0 atom stereocenters. The van der Waals surface area contributed by atoms with E-state index in [0.717, 1.165) is 0 Å². The van der Waals surface area contributed by atoms with Crippen LogP contribution >= 0.6 is 0 Å². The van der Waals surface area contributed by atoms with Gasteiger partial charge in [0.1, 0.15) is 5.75 Å². The molecule has 1 aliphatic heterocycles. The first kappa shape index (κ1) is 9.92. The number of carbonyl (C=O) groups is 1. The molecule has 2 rings (SSSR count). The Labute approximate surface area is 87.4 Å². The van der Waals surface area contributed by atoms with Crippen LogP contribution < -0.4 is 10.1 Å². The van der Waals surface area contributed by atoms with Crippen LogP contribution in [0.4, 0.5) is 0 Å². The highest BCUT2D eigenvalue weighted by molar-refractivity contribution is 5.96. The quantitative estimate of drug-likeness (QED) is 0.771. The molecule has 1 N–H and O–H groups in total. The van der Waals surface area contributed by atoms with E-state index in [1.807, 2.05) is 0 Å². The maximum atomic E-state index is 11.8. The molecule has 1 saturated heterocycles. The van der Waals surface area contributed by atoms with Gasteiger partial charge in [0.2, 0.25) is 0 Å². The van der Waals surface area contributed by atoms with Gasteiger partial charge < -0.3 is 14.8 Å². The molecule has 0 aromatic carbocycles. The molecular weight excluding hydrogens is 196 g/mol. The minimum absolute atomic E-state index is 0.121. The zero-order valence-electron chi connectivity index (χ0n) is 8.40. The van der Waals surface area contributed by atoms with E-state index in [0.29, 0.717) is 24.5 Å². The van der Waals surface area contributed by atoms with Crippen molar-refractivity contribution in [2.45, 2.75) is 6.04 Å². The topological polar surface area (TPSA) is 60.5 Å². The molecule has 0 bridgehead atoms. The van der Waals surface area contributed by atoms with Gasteiger partial charge in [-0.15, -0.1) is 0 Å². The third-order valence-corrected chi connectivity index (χ3v) is 2.22. The number of rotatable bonds is 3. The number of hydrogen-bond donors (Lipinski definition) is 1. The minimum Gasteiger partial charge on any atom is -0.494 e. The van der Waals surface area contributed by atoms with Crippen LogP contribution in [0.1, 0.15) is 10.4 Å². The van der Waals surface area contributed by atoms with Gasteiger partial charge in [-0.1, -0.05) is 0 Å². The Kier molecular flexibility index (Phi) is 2.82. The second kappa shape index (κ2) is 4.27. The molecule has 0 radical (unpaired) electrons. The van der Waals surface area contributed by atoms with Crippen LogP contribution in [-0.2, 0) is 4.74 Å². The van der Waals surface area contributed by atoms with Gasteiger partial charge in [0.15, 0.2) is 0 Å². The highest BCUT2D eigenvalue weighted by Gasteiger charge is 2.22. The highest BCUT2D eigenvalue weighted by Crippen LogP contribution is 2.15. The monoisotopic (exact) mass is 208 g/mol. The van der Waals surface area contributed by atoms with E-state index in [4.69, 9.17) is 9.47 Å². The molecule has 1 amide bonds. The first-order valence-corrected chi connectivity index (χ1v) is 4.68. The lowest BCUT2D eigenvalue weighted by Crippen LogP contribution is -2.48. The van der Waals surface area contributed by atoms with E-state index >= 15 is 0 Å². The minimum atomic E-state index is -0.150. The molecule has 1 fully saturated rings. The normalized spacial score (nSPS) is 15.5. The molecule has 5 nitrogen and oxygen atoms in total. The van der Waals surface area contributed by atoms with Crippen molar-refractivity contribution in [2.24, 2.45) is 0 Å². The summed E-state index contributed by atoms with van der Waals surface area (Å²) in [5, 5.41) is 2.84. The maximum absolute atomic E-state index is 11.8. The molecule has 1 aromatic heterocycles. The number of nitrogens with zero attached hydrogens (tertiary/aromatic N) is 1. The van der Waals surface area contributed by atoms with E-state index in [1.165, 1.54) is 13.3 Å². The van der Waals surface area contributed by atoms with Crippen LogP contribution in [0.15, 0.2) is 18.5 Å². The molecular formula is C10H12N2O3. The average Bonchev–Trinajstić information content (AvgIpc) is 2.23. The van der Waals surface area contributed by atoms with Crippen molar-refractivity contribution in [2.75, 3.05) is 20.3 Å². The van der Waals surface area contributed by atoms with Gasteiger partial charge in [-0.25, -0.2) is 0 Å². The van der Waals surface area contributed by atoms with Crippen molar-refractivity contribution in [3.8, 4) is 5.75 Å². The lowest BCUT2D eigenvalue weighted by molar-refractivity contribution is -0.00350. The van der Waals surface area contributed by atoms with E-state index in [-0.39, 0.29) is 11.9 Å². The van der Waals surface area contributed by atoms with E-state index in [2.05, 4.69) is 10.3 Å². The standard InChI is InChI=1S/C10H12N2O3/c1-14-9-4-11-3-2-8(9)10(13)12-7-5-15-6-7/h2-4,7H,5-6H2,1H3,(H,12,13). The van der Waals surface area contributed by atoms with Crippen molar-refractivity contribution in [1.29, 1.82) is 0 Å². The fourth-order valence-corrected chi connectivity index (χ4v) is 1.31. The van der Waals surface area contributed by atoms with Crippen LogP contribution in [0.5, 0.6) is 5.75 Å². The molecule has 1 aromatic rings. The average molecular weight is 208 g/mol. The highest BCUT2D eigenvalue weighted by atomic mass is 16.5. The summed E-state index contributed by atoms with van der Waals surface area (Å²) in [5.74, 6) is 0.331. The largest absolute Gasteiger partial charge is 0.494 e. The van der Waals surface area contributed by atoms with Crippen molar-refractivity contribution in [3.63, 3.8) is 0 Å². The number of nitrogens with one attached hydrogen (secondary N) is 1. The van der Waals surface area contributed by atoms with Crippen molar-refractivity contribution in [1.82, 2.24) is 10.3 Å². The van der Waals surface area contributed by atoms with Crippen LogP contribution in [0, 0.1) is 0 Å². The van der Waals surface area contributed by atoms with Crippen LogP contribution in [0.3, 0.4) is 0 Å². The number of amides is 1. The number of aromatic nitrogens is 1. The maximum Gasteiger partial charge on any atom is 0.255 e. The molecule has 0 aliphatic carbocycles. The molecule has 0 unspecified atom stereocenters. The van der Waals surface area contributed by atoms with Crippen molar-refractivity contribution < 1.29 is 14.3 Å². The molecule has 80 valence electrons. The second-order valence-electron chi connectivity index (χ2n) is 3.28. The molecule has 1 aliphatic rings. The van der Waals surface area contributed by atoms with Gasteiger partial charge in [0.05, 0.1) is 38.1 Å². The van der Waals surface area contributed by atoms with Gasteiger partial charge in [-0.3, -0.25) is 9.78 Å². The number of ether oxygens (including phenoxy) is 2.